The van der Waals surface area contributed by atoms with E-state index in [1.165, 1.54) is 0 Å². The Morgan fingerprint density at radius 2 is 2.08 bits per heavy atom. The lowest BCUT2D eigenvalue weighted by Gasteiger charge is -2.38. The molecular weight excluding hydrogens is 312 g/mol. The van der Waals surface area contributed by atoms with Gasteiger partial charge in [-0.1, -0.05) is 0 Å². The molecule has 1 aromatic rings. The Labute approximate surface area is 140 Å². The van der Waals surface area contributed by atoms with Crippen LogP contribution in [0.5, 0.6) is 0 Å². The molecule has 8 heteroatoms. The summed E-state index contributed by atoms with van der Waals surface area (Å²) in [5, 5.41) is 4.53. The fourth-order valence-electron chi connectivity index (χ4n) is 3.39. The van der Waals surface area contributed by atoms with E-state index in [0.717, 1.165) is 11.3 Å². The molecule has 1 fully saturated rings. The number of likely N-dealkylation sites (tertiary alicyclic amines) is 1. The molecule has 1 saturated heterocycles. The minimum absolute atomic E-state index is 0.0663. The number of aromatic nitrogens is 2. The van der Waals surface area contributed by atoms with Crippen molar-refractivity contribution in [2.45, 2.75) is 52.0 Å². The molecule has 0 radical (unpaired) electrons. The second kappa shape index (κ2) is 6.52. The summed E-state index contributed by atoms with van der Waals surface area (Å²) >= 11 is 0. The van der Waals surface area contributed by atoms with Crippen molar-refractivity contribution in [1.29, 1.82) is 0 Å². The van der Waals surface area contributed by atoms with Crippen molar-refractivity contribution >= 4 is 11.8 Å². The minimum Gasteiger partial charge on any atom is -0.369 e. The van der Waals surface area contributed by atoms with E-state index in [9.17, 15) is 9.59 Å². The Hall–Kier alpha value is -1.93. The molecule has 132 valence electrons. The molecule has 0 saturated carbocycles. The summed E-state index contributed by atoms with van der Waals surface area (Å²) in [4.78, 5) is 25.2. The first-order chi connectivity index (χ1) is 11.4. The summed E-state index contributed by atoms with van der Waals surface area (Å²) in [7, 11) is 0. The molecule has 0 unspecified atom stereocenters. The zero-order valence-electron chi connectivity index (χ0n) is 14.3. The molecule has 3 rings (SSSR count). The zero-order chi connectivity index (χ0) is 17.4. The summed E-state index contributed by atoms with van der Waals surface area (Å²) < 4.78 is 13.0. The number of carbonyl (C=O) groups excluding carboxylic acids is 2. The highest BCUT2D eigenvalue weighted by Gasteiger charge is 2.37. The third-order valence-corrected chi connectivity index (χ3v) is 4.51. The summed E-state index contributed by atoms with van der Waals surface area (Å²) in [5.74, 6) is -0.586. The number of nitrogens with zero attached hydrogens (tertiary/aromatic N) is 3. The number of rotatable bonds is 5. The van der Waals surface area contributed by atoms with E-state index >= 15 is 0 Å². The van der Waals surface area contributed by atoms with Gasteiger partial charge in [-0.2, -0.15) is 5.10 Å². The van der Waals surface area contributed by atoms with Crippen molar-refractivity contribution in [3.63, 3.8) is 0 Å². The van der Waals surface area contributed by atoms with Crippen LogP contribution >= 0.6 is 0 Å². The maximum absolute atomic E-state index is 12.8. The van der Waals surface area contributed by atoms with E-state index in [2.05, 4.69) is 5.10 Å². The second-order valence-corrected chi connectivity index (χ2v) is 6.43. The molecule has 24 heavy (non-hydrogen) atoms. The van der Waals surface area contributed by atoms with E-state index < -0.39 is 5.91 Å². The summed E-state index contributed by atoms with van der Waals surface area (Å²) in [6, 6.07) is 0. The fourth-order valence-corrected chi connectivity index (χ4v) is 3.39. The van der Waals surface area contributed by atoms with Gasteiger partial charge in [0, 0.05) is 31.6 Å². The molecule has 2 atom stereocenters. The maximum atomic E-state index is 12.8. The van der Waals surface area contributed by atoms with Gasteiger partial charge in [-0.3, -0.25) is 14.3 Å². The second-order valence-electron chi connectivity index (χ2n) is 6.43. The molecule has 0 aliphatic carbocycles. The molecule has 0 aromatic carbocycles. The van der Waals surface area contributed by atoms with Crippen molar-refractivity contribution < 1.29 is 19.1 Å². The van der Waals surface area contributed by atoms with Crippen molar-refractivity contribution in [3.8, 4) is 0 Å². The lowest BCUT2D eigenvalue weighted by Crippen LogP contribution is -2.55. The van der Waals surface area contributed by atoms with Crippen LogP contribution in [-0.2, 0) is 27.2 Å². The van der Waals surface area contributed by atoms with Crippen LogP contribution in [0.15, 0.2) is 0 Å². The molecule has 0 bridgehead atoms. The van der Waals surface area contributed by atoms with Crippen LogP contribution in [0.2, 0.25) is 0 Å². The first-order valence-electron chi connectivity index (χ1n) is 8.34. The lowest BCUT2D eigenvalue weighted by atomic mass is 9.98. The molecule has 2 aliphatic heterocycles. The average Bonchev–Trinajstić information content (AvgIpc) is 2.83. The SMILES string of the molecule is CCn1nc(C(=O)N2CC(OCC(N)=O)C2)c2c1[C@H](C)O[C@H](C)C2. The van der Waals surface area contributed by atoms with Crippen LogP contribution in [0.4, 0.5) is 0 Å². The molecule has 3 heterocycles. The third-order valence-electron chi connectivity index (χ3n) is 4.51. The summed E-state index contributed by atoms with van der Waals surface area (Å²) in [6.07, 6.45) is 0.556. The van der Waals surface area contributed by atoms with Gasteiger partial charge in [-0.15, -0.1) is 0 Å². The fraction of sp³-hybridized carbons (Fsp3) is 0.688. The van der Waals surface area contributed by atoms with Gasteiger partial charge >= 0.3 is 0 Å². The van der Waals surface area contributed by atoms with Crippen LogP contribution < -0.4 is 5.73 Å². The quantitative estimate of drug-likeness (QED) is 0.831. The van der Waals surface area contributed by atoms with Gasteiger partial charge < -0.3 is 20.1 Å². The van der Waals surface area contributed by atoms with Gasteiger partial charge in [-0.05, 0) is 20.8 Å². The van der Waals surface area contributed by atoms with Gasteiger partial charge in [-0.25, -0.2) is 0 Å². The molecular formula is C16H24N4O4. The predicted molar refractivity (Wildman–Crippen MR) is 85.4 cm³/mol. The normalized spacial score (nSPS) is 23.7. The molecule has 2 aliphatic rings. The van der Waals surface area contributed by atoms with Crippen LogP contribution in [0.25, 0.3) is 0 Å². The lowest BCUT2D eigenvalue weighted by molar-refractivity contribution is -0.127. The van der Waals surface area contributed by atoms with Crippen LogP contribution in [0, 0.1) is 0 Å². The minimum atomic E-state index is -0.501. The Morgan fingerprint density at radius 3 is 2.71 bits per heavy atom. The Morgan fingerprint density at radius 1 is 1.38 bits per heavy atom. The van der Waals surface area contributed by atoms with Crippen LogP contribution in [0.3, 0.4) is 0 Å². The van der Waals surface area contributed by atoms with E-state index in [1.54, 1.807) is 4.90 Å². The Kier molecular flexibility index (Phi) is 4.60. The van der Waals surface area contributed by atoms with Gasteiger partial charge in [0.2, 0.25) is 5.91 Å². The highest BCUT2D eigenvalue weighted by atomic mass is 16.5. The van der Waals surface area contributed by atoms with Gasteiger partial charge in [0.25, 0.3) is 5.91 Å². The largest absolute Gasteiger partial charge is 0.369 e. The number of amides is 2. The number of fused-ring (bicyclic) bond motifs is 1. The monoisotopic (exact) mass is 336 g/mol. The Balaban J connectivity index is 1.74. The molecule has 2 N–H and O–H groups in total. The predicted octanol–water partition coefficient (Wildman–Crippen LogP) is 0.252. The van der Waals surface area contributed by atoms with Crippen molar-refractivity contribution in [1.82, 2.24) is 14.7 Å². The van der Waals surface area contributed by atoms with E-state index in [4.69, 9.17) is 15.2 Å². The number of ether oxygens (including phenoxy) is 2. The van der Waals surface area contributed by atoms with Gasteiger partial charge in [0.15, 0.2) is 5.69 Å². The number of hydrogen-bond acceptors (Lipinski definition) is 5. The van der Waals surface area contributed by atoms with Gasteiger partial charge in [0.1, 0.15) is 6.61 Å². The Bertz CT molecular complexity index is 651. The van der Waals surface area contributed by atoms with Crippen molar-refractivity contribution in [3.05, 3.63) is 17.0 Å². The van der Waals surface area contributed by atoms with Crippen LogP contribution in [-0.4, -0.2) is 58.4 Å². The van der Waals surface area contributed by atoms with Crippen LogP contribution in [0.1, 0.15) is 48.6 Å². The van der Waals surface area contributed by atoms with E-state index in [1.807, 2.05) is 25.5 Å². The maximum Gasteiger partial charge on any atom is 0.274 e. The average molecular weight is 336 g/mol. The van der Waals surface area contributed by atoms with Gasteiger partial charge in [0.05, 0.1) is 24.0 Å². The molecule has 0 spiro atoms. The number of primary amides is 1. The van der Waals surface area contributed by atoms with Crippen molar-refractivity contribution in [2.24, 2.45) is 5.73 Å². The molecule has 8 nitrogen and oxygen atoms in total. The molecule has 1 aromatic heterocycles. The molecule has 2 amide bonds. The zero-order valence-corrected chi connectivity index (χ0v) is 14.3. The number of nitrogens with two attached hydrogens (primary N) is 1. The number of carbonyl (C=O) groups is 2. The standard InChI is InChI=1S/C16H24N4O4/c1-4-20-15-10(3)24-9(2)5-12(15)14(18-20)16(22)19-6-11(7-19)23-8-13(17)21/h9-11H,4-8H2,1-3H3,(H2,17,21)/t9-,10+/m1/s1. The van der Waals surface area contributed by atoms with Crippen molar-refractivity contribution in [2.75, 3.05) is 19.7 Å². The first kappa shape index (κ1) is 16.9. The first-order valence-corrected chi connectivity index (χ1v) is 8.34. The summed E-state index contributed by atoms with van der Waals surface area (Å²) in [5.41, 5.74) is 7.57. The smallest absolute Gasteiger partial charge is 0.274 e. The highest BCUT2D eigenvalue weighted by Crippen LogP contribution is 2.33. The highest BCUT2D eigenvalue weighted by molar-refractivity contribution is 5.94. The third kappa shape index (κ3) is 3.03. The van der Waals surface area contributed by atoms with E-state index in [-0.39, 0.29) is 30.8 Å². The van der Waals surface area contributed by atoms with E-state index in [0.29, 0.717) is 31.7 Å². The summed E-state index contributed by atoms with van der Waals surface area (Å²) in [6.45, 7) is 7.51. The number of hydrogen-bond donors (Lipinski definition) is 1. The topological polar surface area (TPSA) is 99.7 Å². The number of aryl methyl sites for hydroxylation is 1.